The van der Waals surface area contributed by atoms with Crippen LogP contribution in [0.2, 0.25) is 0 Å². The Morgan fingerprint density at radius 1 is 1.26 bits per heavy atom. The van der Waals surface area contributed by atoms with E-state index in [2.05, 4.69) is 26.8 Å². The Bertz CT molecular complexity index is 575. The van der Waals surface area contributed by atoms with Crippen LogP contribution in [0.4, 0.5) is 0 Å². The predicted octanol–water partition coefficient (Wildman–Crippen LogP) is 4.00. The van der Waals surface area contributed by atoms with Gasteiger partial charge in [-0.05, 0) is 55.7 Å². The van der Waals surface area contributed by atoms with E-state index in [1.54, 1.807) is 0 Å². The summed E-state index contributed by atoms with van der Waals surface area (Å²) in [5.74, 6) is 3.14. The summed E-state index contributed by atoms with van der Waals surface area (Å²) in [7, 11) is 0. The zero-order chi connectivity index (χ0) is 13.6. The molecule has 2 heteroatoms. The molecule has 0 bridgehead atoms. The van der Waals surface area contributed by atoms with Crippen LogP contribution in [0.5, 0.6) is 11.5 Å². The van der Waals surface area contributed by atoms with Gasteiger partial charge in [-0.3, -0.25) is 0 Å². The van der Waals surface area contributed by atoms with Crippen LogP contribution in [0, 0.1) is 24.2 Å². The zero-order valence-electron chi connectivity index (χ0n) is 12.2. The molecule has 1 aromatic carbocycles. The van der Waals surface area contributed by atoms with Crippen molar-refractivity contribution in [2.24, 2.45) is 17.3 Å². The molecule has 4 rings (SSSR count). The molecule has 2 fully saturated rings. The lowest BCUT2D eigenvalue weighted by atomic mass is 9.45. The Kier molecular flexibility index (Phi) is 1.90. The number of phenolic OH excluding ortho intramolecular Hbond substituents is 1. The van der Waals surface area contributed by atoms with Gasteiger partial charge in [0, 0.05) is 17.4 Å². The van der Waals surface area contributed by atoms with E-state index in [1.807, 2.05) is 13.0 Å². The van der Waals surface area contributed by atoms with E-state index in [0.717, 1.165) is 29.2 Å². The van der Waals surface area contributed by atoms with Gasteiger partial charge in [0.05, 0.1) is 0 Å². The van der Waals surface area contributed by atoms with E-state index in [1.165, 1.54) is 6.42 Å². The van der Waals surface area contributed by atoms with Gasteiger partial charge in [-0.2, -0.15) is 0 Å². The van der Waals surface area contributed by atoms with Crippen LogP contribution in [0.15, 0.2) is 12.1 Å². The quantitative estimate of drug-likeness (QED) is 0.762. The van der Waals surface area contributed by atoms with Crippen LogP contribution in [-0.2, 0) is 0 Å². The minimum Gasteiger partial charge on any atom is -0.508 e. The van der Waals surface area contributed by atoms with Gasteiger partial charge in [-0.15, -0.1) is 0 Å². The second kappa shape index (κ2) is 3.11. The zero-order valence-corrected chi connectivity index (χ0v) is 12.2. The molecule has 4 atom stereocenters. The number of hydrogen-bond acceptors (Lipinski definition) is 2. The molecule has 1 N–H and O–H groups in total. The van der Waals surface area contributed by atoms with Gasteiger partial charge in [-0.1, -0.05) is 13.8 Å². The van der Waals surface area contributed by atoms with E-state index in [0.29, 0.717) is 17.6 Å². The largest absolute Gasteiger partial charge is 0.508 e. The number of ether oxygens (including phenoxy) is 1. The molecule has 0 aromatic heterocycles. The Labute approximate surface area is 114 Å². The van der Waals surface area contributed by atoms with Crippen molar-refractivity contribution in [3.8, 4) is 11.5 Å². The lowest BCUT2D eigenvalue weighted by molar-refractivity contribution is -0.121. The first kappa shape index (κ1) is 11.6. The van der Waals surface area contributed by atoms with Crippen LogP contribution >= 0.6 is 0 Å². The van der Waals surface area contributed by atoms with Crippen molar-refractivity contribution in [2.75, 3.05) is 0 Å². The Balaban J connectivity index is 1.95. The summed E-state index contributed by atoms with van der Waals surface area (Å²) in [6.07, 6.45) is 2.41. The number of benzene rings is 1. The third-order valence-electron chi connectivity index (χ3n) is 6.13. The van der Waals surface area contributed by atoms with Gasteiger partial charge in [-0.25, -0.2) is 0 Å². The highest BCUT2D eigenvalue weighted by molar-refractivity contribution is 5.54. The first-order valence-corrected chi connectivity index (χ1v) is 7.37. The molecule has 19 heavy (non-hydrogen) atoms. The number of hydrogen-bond donors (Lipinski definition) is 1. The summed E-state index contributed by atoms with van der Waals surface area (Å²) >= 11 is 0. The SMILES string of the molecule is Cc1cc(O)c2c(c1)O[C@]1(C)CC[C@H]3[C@@H]1[C@@H]2C3(C)C. The van der Waals surface area contributed by atoms with Crippen molar-refractivity contribution in [1.29, 1.82) is 0 Å². The molecule has 2 nitrogen and oxygen atoms in total. The van der Waals surface area contributed by atoms with Crippen molar-refractivity contribution in [2.45, 2.75) is 52.1 Å². The molecule has 0 unspecified atom stereocenters. The molecule has 2 aliphatic carbocycles. The summed E-state index contributed by atoms with van der Waals surface area (Å²) in [4.78, 5) is 0. The van der Waals surface area contributed by atoms with Gasteiger partial charge < -0.3 is 9.84 Å². The van der Waals surface area contributed by atoms with Crippen LogP contribution in [0.1, 0.15) is 50.7 Å². The summed E-state index contributed by atoms with van der Waals surface area (Å²) in [5.41, 5.74) is 2.41. The summed E-state index contributed by atoms with van der Waals surface area (Å²) < 4.78 is 6.34. The Hall–Kier alpha value is -1.18. The molecule has 1 heterocycles. The molecule has 0 saturated heterocycles. The van der Waals surface area contributed by atoms with E-state index in [-0.39, 0.29) is 11.0 Å². The second-order valence-corrected chi connectivity index (χ2v) is 7.58. The molecule has 1 aromatic rings. The molecule has 102 valence electrons. The molecular formula is C17H22O2. The fourth-order valence-corrected chi connectivity index (χ4v) is 5.27. The van der Waals surface area contributed by atoms with E-state index in [9.17, 15) is 5.11 Å². The topological polar surface area (TPSA) is 29.5 Å². The highest BCUT2D eigenvalue weighted by atomic mass is 16.5. The van der Waals surface area contributed by atoms with E-state index >= 15 is 0 Å². The molecule has 0 spiro atoms. The molecule has 3 aliphatic rings. The first-order valence-electron chi connectivity index (χ1n) is 7.37. The number of fused-ring (bicyclic) bond motifs is 2. The fourth-order valence-electron chi connectivity index (χ4n) is 5.27. The maximum Gasteiger partial charge on any atom is 0.127 e. The highest BCUT2D eigenvalue weighted by Crippen LogP contribution is 2.74. The van der Waals surface area contributed by atoms with Gasteiger partial charge in [0.15, 0.2) is 0 Å². The molecular weight excluding hydrogens is 236 g/mol. The standard InChI is InChI=1S/C17H22O2/c1-9-7-11(18)13-12(8-9)19-17(4)6-5-10-14(17)15(13)16(10,2)3/h7-8,10,14-15,18H,5-6H2,1-4H3/t10-,14+,15+,17+/m0/s1. The maximum atomic E-state index is 10.4. The van der Waals surface area contributed by atoms with Crippen molar-refractivity contribution >= 4 is 0 Å². The average molecular weight is 258 g/mol. The summed E-state index contributed by atoms with van der Waals surface area (Å²) in [6.45, 7) is 9.00. The van der Waals surface area contributed by atoms with Gasteiger partial charge >= 0.3 is 0 Å². The van der Waals surface area contributed by atoms with Gasteiger partial charge in [0.1, 0.15) is 17.1 Å². The molecule has 0 amide bonds. The normalized spacial score (nSPS) is 40.9. The third-order valence-corrected chi connectivity index (χ3v) is 6.13. The van der Waals surface area contributed by atoms with Crippen molar-refractivity contribution in [3.63, 3.8) is 0 Å². The summed E-state index contributed by atoms with van der Waals surface area (Å²) in [5, 5.41) is 10.4. The number of aryl methyl sites for hydroxylation is 1. The second-order valence-electron chi connectivity index (χ2n) is 7.58. The smallest absolute Gasteiger partial charge is 0.127 e. The minimum absolute atomic E-state index is 0.0158. The maximum absolute atomic E-state index is 10.4. The van der Waals surface area contributed by atoms with Crippen molar-refractivity contribution < 1.29 is 9.84 Å². The van der Waals surface area contributed by atoms with E-state index in [4.69, 9.17) is 4.74 Å². The highest BCUT2D eigenvalue weighted by Gasteiger charge is 2.69. The van der Waals surface area contributed by atoms with Gasteiger partial charge in [0.25, 0.3) is 0 Å². The molecule has 1 aliphatic heterocycles. The van der Waals surface area contributed by atoms with E-state index < -0.39 is 0 Å². The number of rotatable bonds is 0. The average Bonchev–Trinajstić information content (AvgIpc) is 2.61. The minimum atomic E-state index is -0.0158. The monoisotopic (exact) mass is 258 g/mol. The Morgan fingerprint density at radius 2 is 2.00 bits per heavy atom. The fraction of sp³-hybridized carbons (Fsp3) is 0.647. The van der Waals surface area contributed by atoms with Gasteiger partial charge in [0.2, 0.25) is 0 Å². The van der Waals surface area contributed by atoms with Crippen LogP contribution in [0.3, 0.4) is 0 Å². The third kappa shape index (κ3) is 1.19. The molecule has 2 saturated carbocycles. The predicted molar refractivity (Wildman–Crippen MR) is 74.6 cm³/mol. The number of phenols is 1. The Morgan fingerprint density at radius 3 is 2.74 bits per heavy atom. The number of aromatic hydroxyl groups is 1. The summed E-state index contributed by atoms with van der Waals surface area (Å²) in [6, 6.07) is 3.97. The van der Waals surface area contributed by atoms with Crippen molar-refractivity contribution in [1.82, 2.24) is 0 Å². The van der Waals surface area contributed by atoms with Crippen LogP contribution in [0.25, 0.3) is 0 Å². The first-order chi connectivity index (χ1) is 8.84. The lowest BCUT2D eigenvalue weighted by Crippen LogP contribution is -2.59. The molecule has 0 radical (unpaired) electrons. The van der Waals surface area contributed by atoms with Crippen LogP contribution < -0.4 is 4.74 Å². The van der Waals surface area contributed by atoms with Crippen molar-refractivity contribution in [3.05, 3.63) is 23.3 Å². The van der Waals surface area contributed by atoms with Crippen LogP contribution in [-0.4, -0.2) is 10.7 Å². The lowest BCUT2D eigenvalue weighted by Gasteiger charge is -2.62.